The molecular weight excluding hydrogens is 262 g/mol. The largest absolute Gasteiger partial charge is 0.237 e. The normalized spacial score (nSPS) is 11.6. The molecule has 0 aliphatic heterocycles. The van der Waals surface area contributed by atoms with E-state index in [9.17, 15) is 0 Å². The zero-order valence-corrected chi connectivity index (χ0v) is 10.9. The summed E-state index contributed by atoms with van der Waals surface area (Å²) in [6, 6.07) is 7.83. The molecule has 0 aliphatic carbocycles. The number of rotatable bonds is 2. The van der Waals surface area contributed by atoms with Crippen LogP contribution in [0.25, 0.3) is 16.0 Å². The SMILES string of the molecule is Cc1nn2c(Cn3nnc4ccccc43)nnc2s1. The van der Waals surface area contributed by atoms with Crippen LogP contribution in [-0.4, -0.2) is 34.8 Å². The summed E-state index contributed by atoms with van der Waals surface area (Å²) < 4.78 is 3.57. The highest BCUT2D eigenvalue weighted by atomic mass is 32.1. The van der Waals surface area contributed by atoms with Gasteiger partial charge < -0.3 is 0 Å². The Labute approximate surface area is 111 Å². The van der Waals surface area contributed by atoms with E-state index >= 15 is 0 Å². The van der Waals surface area contributed by atoms with Gasteiger partial charge >= 0.3 is 0 Å². The molecule has 0 saturated heterocycles. The smallest absolute Gasteiger partial charge is 0.234 e. The second-order valence-corrected chi connectivity index (χ2v) is 5.33. The first-order chi connectivity index (χ1) is 9.31. The van der Waals surface area contributed by atoms with Gasteiger partial charge in [-0.05, 0) is 19.1 Å². The number of aromatic nitrogens is 7. The minimum atomic E-state index is 0.505. The van der Waals surface area contributed by atoms with Gasteiger partial charge in [0.05, 0.1) is 5.52 Å². The molecule has 0 atom stereocenters. The third-order valence-corrected chi connectivity index (χ3v) is 3.68. The van der Waals surface area contributed by atoms with Crippen molar-refractivity contribution in [2.75, 3.05) is 0 Å². The molecule has 0 bridgehead atoms. The third kappa shape index (κ3) is 1.60. The van der Waals surface area contributed by atoms with E-state index < -0.39 is 0 Å². The maximum atomic E-state index is 4.38. The summed E-state index contributed by atoms with van der Waals surface area (Å²) in [7, 11) is 0. The Morgan fingerprint density at radius 1 is 1.16 bits per heavy atom. The average molecular weight is 271 g/mol. The van der Waals surface area contributed by atoms with Crippen molar-refractivity contribution in [3.63, 3.8) is 0 Å². The van der Waals surface area contributed by atoms with Gasteiger partial charge in [0.15, 0.2) is 5.82 Å². The lowest BCUT2D eigenvalue weighted by Gasteiger charge is -1.98. The fourth-order valence-electron chi connectivity index (χ4n) is 2.02. The second kappa shape index (κ2) is 3.82. The van der Waals surface area contributed by atoms with Crippen LogP contribution < -0.4 is 0 Å². The van der Waals surface area contributed by atoms with Crippen molar-refractivity contribution in [2.24, 2.45) is 0 Å². The van der Waals surface area contributed by atoms with E-state index in [4.69, 9.17) is 0 Å². The molecule has 3 aromatic heterocycles. The molecule has 0 fully saturated rings. The molecule has 0 amide bonds. The maximum Gasteiger partial charge on any atom is 0.234 e. The number of hydrogen-bond acceptors (Lipinski definition) is 6. The highest BCUT2D eigenvalue weighted by Crippen LogP contribution is 2.15. The van der Waals surface area contributed by atoms with E-state index in [-0.39, 0.29) is 0 Å². The minimum Gasteiger partial charge on any atom is -0.237 e. The molecule has 0 spiro atoms. The van der Waals surface area contributed by atoms with Crippen molar-refractivity contribution >= 4 is 27.3 Å². The van der Waals surface area contributed by atoms with Crippen LogP contribution in [0.3, 0.4) is 0 Å². The third-order valence-electron chi connectivity index (χ3n) is 2.87. The van der Waals surface area contributed by atoms with Crippen LogP contribution in [0.4, 0.5) is 0 Å². The molecule has 0 radical (unpaired) electrons. The van der Waals surface area contributed by atoms with Crippen LogP contribution in [0.2, 0.25) is 0 Å². The van der Waals surface area contributed by atoms with Crippen molar-refractivity contribution in [3.8, 4) is 0 Å². The van der Waals surface area contributed by atoms with Crippen molar-refractivity contribution in [1.29, 1.82) is 0 Å². The van der Waals surface area contributed by atoms with Gasteiger partial charge in [-0.25, -0.2) is 4.68 Å². The molecule has 4 rings (SSSR count). The Morgan fingerprint density at radius 3 is 3.00 bits per heavy atom. The first-order valence-electron chi connectivity index (χ1n) is 5.77. The topological polar surface area (TPSA) is 73.8 Å². The molecule has 0 saturated carbocycles. The van der Waals surface area contributed by atoms with E-state index in [1.807, 2.05) is 31.2 Å². The van der Waals surface area contributed by atoms with Gasteiger partial charge in [0, 0.05) is 0 Å². The molecule has 94 valence electrons. The van der Waals surface area contributed by atoms with Gasteiger partial charge in [-0.2, -0.15) is 9.61 Å². The van der Waals surface area contributed by atoms with Gasteiger partial charge in [-0.3, -0.25) is 0 Å². The summed E-state index contributed by atoms with van der Waals surface area (Å²) >= 11 is 1.52. The number of benzene rings is 1. The zero-order chi connectivity index (χ0) is 12.8. The summed E-state index contributed by atoms with van der Waals surface area (Å²) in [4.78, 5) is 0.803. The van der Waals surface area contributed by atoms with Crippen LogP contribution in [0.15, 0.2) is 24.3 Å². The van der Waals surface area contributed by atoms with Gasteiger partial charge in [-0.1, -0.05) is 28.7 Å². The first kappa shape index (κ1) is 10.6. The van der Waals surface area contributed by atoms with Crippen molar-refractivity contribution in [3.05, 3.63) is 35.1 Å². The zero-order valence-electron chi connectivity index (χ0n) is 10.1. The highest BCUT2D eigenvalue weighted by molar-refractivity contribution is 7.16. The Hall–Kier alpha value is -2.35. The number of hydrogen-bond donors (Lipinski definition) is 0. The Kier molecular flexibility index (Phi) is 2.12. The number of para-hydroxylation sites is 1. The standard InChI is InChI=1S/C11H9N7S/c1-7-15-18-10(13-14-11(18)19-7)6-17-9-5-3-2-4-8(9)12-16-17/h2-5H,6H2,1H3. The predicted molar refractivity (Wildman–Crippen MR) is 70.0 cm³/mol. The van der Waals surface area contributed by atoms with Crippen LogP contribution in [0.5, 0.6) is 0 Å². The van der Waals surface area contributed by atoms with Crippen molar-refractivity contribution in [1.82, 2.24) is 34.8 Å². The quantitative estimate of drug-likeness (QED) is 0.549. The fourth-order valence-corrected chi connectivity index (χ4v) is 2.72. The highest BCUT2D eigenvalue weighted by Gasteiger charge is 2.12. The van der Waals surface area contributed by atoms with E-state index in [0.29, 0.717) is 6.54 Å². The molecule has 0 unspecified atom stereocenters. The summed E-state index contributed by atoms with van der Waals surface area (Å²) in [5, 5.41) is 21.9. The van der Waals surface area contributed by atoms with Crippen molar-refractivity contribution < 1.29 is 0 Å². The van der Waals surface area contributed by atoms with Gasteiger partial charge in [-0.15, -0.1) is 15.3 Å². The van der Waals surface area contributed by atoms with Gasteiger partial charge in [0.25, 0.3) is 0 Å². The summed E-state index contributed by atoms with van der Waals surface area (Å²) in [6.07, 6.45) is 0. The van der Waals surface area contributed by atoms with Crippen molar-refractivity contribution in [2.45, 2.75) is 13.5 Å². The molecule has 7 nitrogen and oxygen atoms in total. The van der Waals surface area contributed by atoms with Crippen LogP contribution in [0, 0.1) is 6.92 Å². The lowest BCUT2D eigenvalue weighted by molar-refractivity contribution is 0.627. The lowest BCUT2D eigenvalue weighted by Crippen LogP contribution is -2.06. The molecule has 3 heterocycles. The first-order valence-corrected chi connectivity index (χ1v) is 6.59. The maximum absolute atomic E-state index is 4.38. The molecule has 0 N–H and O–H groups in total. The van der Waals surface area contributed by atoms with E-state index in [1.165, 1.54) is 11.3 Å². The monoisotopic (exact) mass is 271 g/mol. The summed E-state index contributed by atoms with van der Waals surface area (Å²) in [6.45, 7) is 2.46. The van der Waals surface area contributed by atoms with E-state index in [2.05, 4.69) is 25.6 Å². The minimum absolute atomic E-state index is 0.505. The van der Waals surface area contributed by atoms with Crippen LogP contribution in [-0.2, 0) is 6.54 Å². The van der Waals surface area contributed by atoms with Crippen LogP contribution >= 0.6 is 11.3 Å². The predicted octanol–water partition coefficient (Wildman–Crippen LogP) is 1.29. The fraction of sp³-hybridized carbons (Fsp3) is 0.182. The lowest BCUT2D eigenvalue weighted by atomic mass is 10.3. The second-order valence-electron chi connectivity index (χ2n) is 4.17. The molecule has 0 aliphatic rings. The number of nitrogens with zero attached hydrogens (tertiary/aromatic N) is 7. The molecule has 19 heavy (non-hydrogen) atoms. The van der Waals surface area contributed by atoms with E-state index in [0.717, 1.165) is 26.8 Å². The number of aryl methyl sites for hydroxylation is 1. The molecule has 4 aromatic rings. The average Bonchev–Trinajstić information content (AvgIpc) is 3.07. The van der Waals surface area contributed by atoms with E-state index in [1.54, 1.807) is 9.20 Å². The van der Waals surface area contributed by atoms with Gasteiger partial charge in [0.1, 0.15) is 17.1 Å². The Bertz CT molecular complexity index is 871. The van der Waals surface area contributed by atoms with Gasteiger partial charge in [0.2, 0.25) is 4.96 Å². The molecule has 8 heteroatoms. The summed E-state index contributed by atoms with van der Waals surface area (Å²) in [5.41, 5.74) is 1.85. The Balaban J connectivity index is 1.82. The Morgan fingerprint density at radius 2 is 2.05 bits per heavy atom. The summed E-state index contributed by atoms with van der Waals surface area (Å²) in [5.74, 6) is 0.759. The van der Waals surface area contributed by atoms with Crippen LogP contribution in [0.1, 0.15) is 10.8 Å². The molecule has 1 aromatic carbocycles. The molecular formula is C11H9N7S. The number of fused-ring (bicyclic) bond motifs is 2.